The van der Waals surface area contributed by atoms with Crippen molar-refractivity contribution in [1.29, 1.82) is 0 Å². The minimum atomic E-state index is -4.94. The summed E-state index contributed by atoms with van der Waals surface area (Å²) < 4.78 is 82.1. The number of nitrogen functional groups attached to an aromatic ring is 1. The van der Waals surface area contributed by atoms with Crippen LogP contribution in [0.2, 0.25) is 0 Å². The summed E-state index contributed by atoms with van der Waals surface area (Å²) in [6.07, 6.45) is -10.1. The standard InChI is InChI=1S/C26H22F6N4O/c27-25(28,29)20-12-18(13-21(14-20)26(30,31)32)10-11-23-34-36(16-19-8-4-5-9-22(19)33)24(37)35(23)15-17-6-2-1-3-7-17/h1-9,12-14H,10-11,15-16,33H2. The molecule has 0 amide bonds. The molecule has 11 heteroatoms. The summed E-state index contributed by atoms with van der Waals surface area (Å²) in [6, 6.07) is 17.4. The van der Waals surface area contributed by atoms with Gasteiger partial charge in [0.25, 0.3) is 0 Å². The first-order valence-electron chi connectivity index (χ1n) is 11.2. The molecule has 4 rings (SSSR count). The molecular formula is C26H22F6N4O. The Labute approximate surface area is 207 Å². The monoisotopic (exact) mass is 520 g/mol. The van der Waals surface area contributed by atoms with Crippen LogP contribution in [0.4, 0.5) is 32.0 Å². The molecule has 0 saturated carbocycles. The zero-order chi connectivity index (χ0) is 26.8. The topological polar surface area (TPSA) is 65.8 Å². The van der Waals surface area contributed by atoms with E-state index >= 15 is 0 Å². The zero-order valence-corrected chi connectivity index (χ0v) is 19.4. The van der Waals surface area contributed by atoms with E-state index in [1.807, 2.05) is 0 Å². The van der Waals surface area contributed by atoms with Crippen LogP contribution in [0.15, 0.2) is 77.6 Å². The largest absolute Gasteiger partial charge is 0.416 e. The van der Waals surface area contributed by atoms with Crippen molar-refractivity contribution in [2.45, 2.75) is 38.3 Å². The molecule has 1 aromatic heterocycles. The van der Waals surface area contributed by atoms with Crippen molar-refractivity contribution in [3.8, 4) is 0 Å². The van der Waals surface area contributed by atoms with Gasteiger partial charge in [-0.25, -0.2) is 9.48 Å². The van der Waals surface area contributed by atoms with E-state index in [2.05, 4.69) is 5.10 Å². The summed E-state index contributed by atoms with van der Waals surface area (Å²) in [5, 5.41) is 4.37. The van der Waals surface area contributed by atoms with Crippen LogP contribution in [-0.4, -0.2) is 14.3 Å². The van der Waals surface area contributed by atoms with E-state index in [9.17, 15) is 31.1 Å². The van der Waals surface area contributed by atoms with Crippen molar-refractivity contribution in [2.75, 3.05) is 5.73 Å². The molecule has 0 bridgehead atoms. The molecule has 194 valence electrons. The Bertz CT molecular complexity index is 1410. The Hall–Kier alpha value is -4.02. The normalized spacial score (nSPS) is 12.2. The van der Waals surface area contributed by atoms with Crippen molar-refractivity contribution in [1.82, 2.24) is 14.3 Å². The minimum Gasteiger partial charge on any atom is -0.398 e. The second-order valence-corrected chi connectivity index (χ2v) is 8.54. The highest BCUT2D eigenvalue weighted by Gasteiger charge is 2.36. The van der Waals surface area contributed by atoms with Gasteiger partial charge in [0, 0.05) is 12.1 Å². The van der Waals surface area contributed by atoms with Crippen LogP contribution in [0, 0.1) is 0 Å². The Morgan fingerprint density at radius 1 is 0.730 bits per heavy atom. The number of nitrogens with two attached hydrogens (primary N) is 1. The van der Waals surface area contributed by atoms with Gasteiger partial charge in [-0.05, 0) is 47.4 Å². The quantitative estimate of drug-likeness (QED) is 0.257. The number of rotatable bonds is 7. The molecule has 0 aliphatic heterocycles. The molecule has 4 aromatic rings. The van der Waals surface area contributed by atoms with Gasteiger partial charge in [0.15, 0.2) is 0 Å². The number of aryl methyl sites for hydroxylation is 2. The Morgan fingerprint density at radius 2 is 1.32 bits per heavy atom. The summed E-state index contributed by atoms with van der Waals surface area (Å²) >= 11 is 0. The summed E-state index contributed by atoms with van der Waals surface area (Å²) in [6.45, 7) is 0.192. The molecular weight excluding hydrogens is 498 g/mol. The van der Waals surface area contributed by atoms with E-state index in [-0.39, 0.29) is 43.4 Å². The van der Waals surface area contributed by atoms with Crippen LogP contribution in [0.5, 0.6) is 0 Å². The smallest absolute Gasteiger partial charge is 0.398 e. The van der Waals surface area contributed by atoms with Gasteiger partial charge in [-0.15, -0.1) is 0 Å². The first kappa shape index (κ1) is 26.1. The first-order valence-corrected chi connectivity index (χ1v) is 11.2. The maximum absolute atomic E-state index is 13.3. The number of para-hydroxylation sites is 1. The number of hydrogen-bond acceptors (Lipinski definition) is 3. The summed E-state index contributed by atoms with van der Waals surface area (Å²) in [7, 11) is 0. The molecule has 0 radical (unpaired) electrons. The van der Waals surface area contributed by atoms with E-state index in [1.165, 1.54) is 9.25 Å². The lowest BCUT2D eigenvalue weighted by Gasteiger charge is -2.14. The number of aromatic nitrogens is 3. The molecule has 0 saturated heterocycles. The Kier molecular flexibility index (Phi) is 7.15. The van der Waals surface area contributed by atoms with Crippen molar-refractivity contribution >= 4 is 5.69 Å². The number of alkyl halides is 6. The van der Waals surface area contributed by atoms with Gasteiger partial charge in [-0.1, -0.05) is 48.5 Å². The lowest BCUT2D eigenvalue weighted by atomic mass is 10.0. The number of anilines is 1. The number of halogens is 6. The average Bonchev–Trinajstić information content (AvgIpc) is 3.12. The highest BCUT2D eigenvalue weighted by atomic mass is 19.4. The van der Waals surface area contributed by atoms with E-state index < -0.39 is 29.2 Å². The van der Waals surface area contributed by atoms with Gasteiger partial charge in [0.2, 0.25) is 0 Å². The molecule has 0 atom stereocenters. The molecule has 0 aliphatic rings. The highest BCUT2D eigenvalue weighted by molar-refractivity contribution is 5.46. The molecule has 37 heavy (non-hydrogen) atoms. The van der Waals surface area contributed by atoms with E-state index in [0.717, 1.165) is 5.56 Å². The van der Waals surface area contributed by atoms with Gasteiger partial charge >= 0.3 is 18.0 Å². The van der Waals surface area contributed by atoms with Gasteiger partial charge in [0.1, 0.15) is 5.82 Å². The third-order valence-corrected chi connectivity index (χ3v) is 5.84. The van der Waals surface area contributed by atoms with Gasteiger partial charge in [-0.3, -0.25) is 4.57 Å². The average molecular weight is 520 g/mol. The molecule has 2 N–H and O–H groups in total. The predicted octanol–water partition coefficient (Wildman–Crippen LogP) is 5.55. The molecule has 0 fully saturated rings. The summed E-state index contributed by atoms with van der Waals surface area (Å²) in [5.74, 6) is 0.231. The minimum absolute atomic E-state index is 0.0576. The third kappa shape index (κ3) is 6.22. The van der Waals surface area contributed by atoms with Crippen LogP contribution < -0.4 is 11.4 Å². The van der Waals surface area contributed by atoms with Crippen LogP contribution in [0.1, 0.15) is 33.6 Å². The number of nitrogens with zero attached hydrogens (tertiary/aromatic N) is 3. The lowest BCUT2D eigenvalue weighted by molar-refractivity contribution is -0.143. The maximum Gasteiger partial charge on any atom is 0.416 e. The molecule has 0 unspecified atom stereocenters. The lowest BCUT2D eigenvalue weighted by Crippen LogP contribution is -2.26. The summed E-state index contributed by atoms with van der Waals surface area (Å²) in [4.78, 5) is 13.2. The van der Waals surface area contributed by atoms with E-state index in [0.29, 0.717) is 23.4 Å². The Balaban J connectivity index is 1.69. The summed E-state index contributed by atoms with van der Waals surface area (Å²) in [5.41, 5.74) is 4.46. The fourth-order valence-electron chi connectivity index (χ4n) is 3.96. The number of hydrogen-bond donors (Lipinski definition) is 1. The van der Waals surface area contributed by atoms with Crippen molar-refractivity contribution in [3.05, 3.63) is 117 Å². The van der Waals surface area contributed by atoms with E-state index in [1.54, 1.807) is 54.6 Å². The van der Waals surface area contributed by atoms with Crippen LogP contribution in [0.3, 0.4) is 0 Å². The van der Waals surface area contributed by atoms with Gasteiger partial charge in [-0.2, -0.15) is 31.4 Å². The zero-order valence-electron chi connectivity index (χ0n) is 19.4. The second kappa shape index (κ2) is 10.2. The molecule has 3 aromatic carbocycles. The van der Waals surface area contributed by atoms with Crippen molar-refractivity contribution in [2.24, 2.45) is 0 Å². The van der Waals surface area contributed by atoms with Crippen LogP contribution >= 0.6 is 0 Å². The molecule has 1 heterocycles. The van der Waals surface area contributed by atoms with E-state index in [4.69, 9.17) is 5.73 Å². The molecule has 5 nitrogen and oxygen atoms in total. The van der Waals surface area contributed by atoms with Gasteiger partial charge < -0.3 is 5.73 Å². The maximum atomic E-state index is 13.3. The fraction of sp³-hybridized carbons (Fsp3) is 0.231. The third-order valence-electron chi connectivity index (χ3n) is 5.84. The SMILES string of the molecule is Nc1ccccc1Cn1nc(CCc2cc(C(F)(F)F)cc(C(F)(F)F)c2)n(Cc2ccccc2)c1=O. The van der Waals surface area contributed by atoms with Crippen molar-refractivity contribution < 1.29 is 26.3 Å². The van der Waals surface area contributed by atoms with Crippen LogP contribution in [-0.2, 0) is 38.3 Å². The fourth-order valence-corrected chi connectivity index (χ4v) is 3.96. The molecule has 0 aliphatic carbocycles. The van der Waals surface area contributed by atoms with Gasteiger partial charge in [0.05, 0.1) is 24.2 Å². The molecule has 0 spiro atoms. The Morgan fingerprint density at radius 3 is 1.92 bits per heavy atom. The number of benzene rings is 3. The first-order chi connectivity index (χ1) is 17.4. The van der Waals surface area contributed by atoms with Crippen LogP contribution in [0.25, 0.3) is 0 Å². The predicted molar refractivity (Wildman–Crippen MR) is 126 cm³/mol. The van der Waals surface area contributed by atoms with Crippen molar-refractivity contribution in [3.63, 3.8) is 0 Å². The highest BCUT2D eigenvalue weighted by Crippen LogP contribution is 2.36. The second-order valence-electron chi connectivity index (χ2n) is 8.54.